The van der Waals surface area contributed by atoms with E-state index in [0.29, 0.717) is 13.0 Å². The predicted octanol–water partition coefficient (Wildman–Crippen LogP) is 1.29. The Bertz CT molecular complexity index is 586. The van der Waals surface area contributed by atoms with Crippen LogP contribution in [-0.2, 0) is 16.6 Å². The van der Waals surface area contributed by atoms with E-state index in [9.17, 15) is 14.4 Å². The molecule has 4 amide bonds. The molecule has 106 valence electrons. The van der Waals surface area contributed by atoms with E-state index in [-0.39, 0.29) is 5.57 Å². The zero-order chi connectivity index (χ0) is 14.7. The Labute approximate surface area is 117 Å². The third kappa shape index (κ3) is 2.64. The second-order valence-corrected chi connectivity index (χ2v) is 4.67. The summed E-state index contributed by atoms with van der Waals surface area (Å²) in [6, 6.07) is 2.97. The molecule has 2 heterocycles. The van der Waals surface area contributed by atoms with Gasteiger partial charge in [-0.3, -0.25) is 19.8 Å². The summed E-state index contributed by atoms with van der Waals surface area (Å²) in [5, 5.41) is 2.20. The van der Waals surface area contributed by atoms with Crippen LogP contribution < -0.4 is 5.32 Å². The van der Waals surface area contributed by atoms with Gasteiger partial charge in [0.2, 0.25) is 0 Å². The van der Waals surface area contributed by atoms with E-state index in [1.807, 2.05) is 26.2 Å². The topological polar surface area (TPSA) is 71.4 Å². The number of hydrogen-bond donors (Lipinski definition) is 1. The van der Waals surface area contributed by atoms with Gasteiger partial charge in [0.25, 0.3) is 11.8 Å². The third-order valence-corrected chi connectivity index (χ3v) is 3.20. The maximum atomic E-state index is 12.3. The van der Waals surface area contributed by atoms with Gasteiger partial charge in [-0.1, -0.05) is 13.3 Å². The quantitative estimate of drug-likeness (QED) is 0.664. The highest BCUT2D eigenvalue weighted by Crippen LogP contribution is 2.15. The van der Waals surface area contributed by atoms with Crippen LogP contribution in [0.2, 0.25) is 0 Å². The Hall–Kier alpha value is -2.37. The van der Waals surface area contributed by atoms with Gasteiger partial charge in [-0.25, -0.2) is 4.79 Å². The van der Waals surface area contributed by atoms with Crippen molar-refractivity contribution >= 4 is 23.9 Å². The van der Waals surface area contributed by atoms with Crippen molar-refractivity contribution in [1.82, 2.24) is 14.8 Å². The smallest absolute Gasteiger partial charge is 0.331 e. The molecule has 1 N–H and O–H groups in total. The Balaban J connectivity index is 2.30. The number of urea groups is 1. The van der Waals surface area contributed by atoms with E-state index in [2.05, 4.69) is 5.32 Å². The van der Waals surface area contributed by atoms with Crippen molar-refractivity contribution in [3.8, 4) is 0 Å². The van der Waals surface area contributed by atoms with E-state index in [4.69, 9.17) is 0 Å². The number of nitrogens with one attached hydrogen (secondary N) is 1. The first kappa shape index (κ1) is 14.0. The Morgan fingerprint density at radius 1 is 1.30 bits per heavy atom. The average molecular weight is 275 g/mol. The minimum absolute atomic E-state index is 0.0116. The van der Waals surface area contributed by atoms with Crippen molar-refractivity contribution in [1.29, 1.82) is 0 Å². The lowest BCUT2D eigenvalue weighted by Gasteiger charge is -2.26. The maximum absolute atomic E-state index is 12.3. The summed E-state index contributed by atoms with van der Waals surface area (Å²) in [5.41, 5.74) is 0.718. The highest BCUT2D eigenvalue weighted by Gasteiger charge is 2.35. The summed E-state index contributed by atoms with van der Waals surface area (Å²) in [5.74, 6) is -1.18. The number of hydrogen-bond acceptors (Lipinski definition) is 3. The molecule has 0 unspecified atom stereocenters. The molecule has 1 aromatic heterocycles. The average Bonchev–Trinajstić information content (AvgIpc) is 2.80. The van der Waals surface area contributed by atoms with Gasteiger partial charge in [0, 0.05) is 25.5 Å². The van der Waals surface area contributed by atoms with Crippen molar-refractivity contribution < 1.29 is 14.4 Å². The lowest BCUT2D eigenvalue weighted by Crippen LogP contribution is -2.54. The highest BCUT2D eigenvalue weighted by atomic mass is 16.2. The number of nitrogens with zero attached hydrogens (tertiary/aromatic N) is 2. The Kier molecular flexibility index (Phi) is 4.02. The monoisotopic (exact) mass is 275 g/mol. The van der Waals surface area contributed by atoms with Gasteiger partial charge in [0.15, 0.2) is 0 Å². The van der Waals surface area contributed by atoms with E-state index in [1.165, 1.54) is 6.08 Å². The molecule has 1 aliphatic heterocycles. The minimum Gasteiger partial charge on any atom is -0.351 e. The number of carbonyl (C=O) groups is 3. The van der Waals surface area contributed by atoms with Gasteiger partial charge in [-0.05, 0) is 24.6 Å². The van der Waals surface area contributed by atoms with Gasteiger partial charge >= 0.3 is 6.03 Å². The molecular weight excluding hydrogens is 258 g/mol. The number of rotatable bonds is 4. The standard InChI is InChI=1S/C14H17N3O3/c1-3-4-8-17-13(19)11(12(18)15-14(17)20)9-10-6-5-7-16(10)2/h5-7,9H,3-4,8H2,1-2H3,(H,15,18,20)/b11-9-. The van der Waals surface area contributed by atoms with E-state index in [1.54, 1.807) is 10.6 Å². The number of carbonyl (C=O) groups excluding carboxylic acids is 3. The molecule has 20 heavy (non-hydrogen) atoms. The Morgan fingerprint density at radius 2 is 2.05 bits per heavy atom. The second kappa shape index (κ2) is 5.73. The normalized spacial score (nSPS) is 17.8. The number of imide groups is 2. The van der Waals surface area contributed by atoms with Gasteiger partial charge in [-0.15, -0.1) is 0 Å². The van der Waals surface area contributed by atoms with Gasteiger partial charge < -0.3 is 4.57 Å². The fourth-order valence-electron chi connectivity index (χ4n) is 1.99. The highest BCUT2D eigenvalue weighted by molar-refractivity contribution is 6.30. The first-order valence-corrected chi connectivity index (χ1v) is 6.54. The second-order valence-electron chi connectivity index (χ2n) is 4.67. The first-order chi connectivity index (χ1) is 9.54. The number of barbiturate groups is 1. The molecule has 6 heteroatoms. The molecule has 0 spiro atoms. The molecule has 0 atom stereocenters. The molecule has 0 aromatic carbocycles. The lowest BCUT2D eigenvalue weighted by atomic mass is 10.1. The van der Waals surface area contributed by atoms with Crippen molar-refractivity contribution in [2.75, 3.05) is 6.54 Å². The first-order valence-electron chi connectivity index (χ1n) is 6.54. The molecule has 1 fully saturated rings. The van der Waals surface area contributed by atoms with Crippen LogP contribution in [0.5, 0.6) is 0 Å². The maximum Gasteiger partial charge on any atom is 0.331 e. The fourth-order valence-corrected chi connectivity index (χ4v) is 1.99. The summed E-state index contributed by atoms with van der Waals surface area (Å²) in [6.45, 7) is 2.29. The van der Waals surface area contributed by atoms with Gasteiger partial charge in [0.1, 0.15) is 5.57 Å². The fraction of sp³-hybridized carbons (Fsp3) is 0.357. The van der Waals surface area contributed by atoms with E-state index < -0.39 is 17.8 Å². The molecule has 0 aliphatic carbocycles. The summed E-state index contributed by atoms with van der Waals surface area (Å²) < 4.78 is 1.79. The van der Waals surface area contributed by atoms with Gasteiger partial charge in [-0.2, -0.15) is 0 Å². The molecule has 0 bridgehead atoms. The largest absolute Gasteiger partial charge is 0.351 e. The molecule has 1 saturated heterocycles. The third-order valence-electron chi connectivity index (χ3n) is 3.20. The van der Waals surface area contributed by atoms with Crippen LogP contribution in [0.3, 0.4) is 0 Å². The summed E-state index contributed by atoms with van der Waals surface area (Å²) in [6.07, 6.45) is 4.90. The predicted molar refractivity (Wildman–Crippen MR) is 73.5 cm³/mol. The van der Waals surface area contributed by atoms with Crippen molar-refractivity contribution in [3.63, 3.8) is 0 Å². The Morgan fingerprint density at radius 3 is 2.65 bits per heavy atom. The molecule has 0 radical (unpaired) electrons. The van der Waals surface area contributed by atoms with Crippen molar-refractivity contribution in [2.45, 2.75) is 19.8 Å². The number of amides is 4. The molecule has 2 rings (SSSR count). The van der Waals surface area contributed by atoms with E-state index >= 15 is 0 Å². The summed E-state index contributed by atoms with van der Waals surface area (Å²) in [7, 11) is 1.82. The SMILES string of the molecule is CCCCN1C(=O)NC(=O)/C(=C/c2cccn2C)C1=O. The van der Waals surface area contributed by atoms with Crippen LogP contribution in [0.1, 0.15) is 25.5 Å². The van der Waals surface area contributed by atoms with E-state index in [0.717, 1.165) is 17.0 Å². The number of aryl methyl sites for hydroxylation is 1. The molecule has 1 aliphatic rings. The summed E-state index contributed by atoms with van der Waals surface area (Å²) in [4.78, 5) is 36.8. The number of aromatic nitrogens is 1. The van der Waals surface area contributed by atoms with Crippen LogP contribution in [0.15, 0.2) is 23.9 Å². The minimum atomic E-state index is -0.644. The van der Waals surface area contributed by atoms with Crippen LogP contribution in [-0.4, -0.2) is 33.9 Å². The van der Waals surface area contributed by atoms with Crippen LogP contribution >= 0.6 is 0 Å². The van der Waals surface area contributed by atoms with Gasteiger partial charge in [0.05, 0.1) is 0 Å². The molecule has 0 saturated carbocycles. The molecular formula is C14H17N3O3. The van der Waals surface area contributed by atoms with Crippen molar-refractivity contribution in [2.24, 2.45) is 7.05 Å². The zero-order valence-electron chi connectivity index (χ0n) is 11.5. The molecule has 6 nitrogen and oxygen atoms in total. The van der Waals surface area contributed by atoms with Crippen LogP contribution in [0.25, 0.3) is 6.08 Å². The van der Waals surface area contributed by atoms with Crippen LogP contribution in [0, 0.1) is 0 Å². The summed E-state index contributed by atoms with van der Waals surface area (Å²) >= 11 is 0. The molecule has 1 aromatic rings. The zero-order valence-corrected chi connectivity index (χ0v) is 11.5. The lowest BCUT2D eigenvalue weighted by molar-refractivity contribution is -0.130. The van der Waals surface area contributed by atoms with Crippen molar-refractivity contribution in [3.05, 3.63) is 29.6 Å². The number of unbranched alkanes of at least 4 members (excludes halogenated alkanes) is 1. The van der Waals surface area contributed by atoms with Crippen LogP contribution in [0.4, 0.5) is 4.79 Å².